The van der Waals surface area contributed by atoms with E-state index in [0.717, 1.165) is 16.2 Å². The van der Waals surface area contributed by atoms with E-state index < -0.39 is 41.6 Å². The van der Waals surface area contributed by atoms with Crippen LogP contribution in [-0.4, -0.2) is 72.0 Å². The Bertz CT molecular complexity index is 897. The highest BCUT2D eigenvalue weighted by atomic mass is 32.2. The maximum absolute atomic E-state index is 12.6. The van der Waals surface area contributed by atoms with Crippen molar-refractivity contribution in [2.45, 2.75) is 17.8 Å². The van der Waals surface area contributed by atoms with Gasteiger partial charge in [-0.25, -0.2) is 9.78 Å². The van der Waals surface area contributed by atoms with E-state index in [-0.39, 0.29) is 33.0 Å². The molecule has 0 aliphatic carbocycles. The van der Waals surface area contributed by atoms with E-state index in [4.69, 9.17) is 15.9 Å². The molecule has 2 aliphatic heterocycles. The zero-order chi connectivity index (χ0) is 19.7. The lowest BCUT2D eigenvalue weighted by atomic mass is 10.0. The fourth-order valence-corrected chi connectivity index (χ4v) is 4.43. The van der Waals surface area contributed by atoms with Crippen molar-refractivity contribution in [2.24, 2.45) is 0 Å². The summed E-state index contributed by atoms with van der Waals surface area (Å²) in [7, 11) is 0. The largest absolute Gasteiger partial charge is 0.481 e. The molecule has 14 heteroatoms. The van der Waals surface area contributed by atoms with Gasteiger partial charge in [-0.05, 0) is 6.08 Å². The van der Waals surface area contributed by atoms with Crippen LogP contribution in [0.2, 0.25) is 0 Å². The number of hydrogen-bond donors (Lipinski definition) is 4. The lowest BCUT2D eigenvalue weighted by Gasteiger charge is -2.48. The first-order chi connectivity index (χ1) is 12.8. The smallest absolute Gasteiger partial charge is 0.352 e. The Labute approximate surface area is 171 Å². The first-order valence-electron chi connectivity index (χ1n) is 7.62. The van der Waals surface area contributed by atoms with E-state index >= 15 is 0 Å². The monoisotopic (exact) mass is 446 g/mol. The number of hydrogen-bond acceptors (Lipinski definition) is 8. The van der Waals surface area contributed by atoms with Crippen LogP contribution in [0.5, 0.6) is 0 Å². The summed E-state index contributed by atoms with van der Waals surface area (Å²) in [5.74, 6) is -3.16. The van der Waals surface area contributed by atoms with Crippen LogP contribution in [0.25, 0.3) is 5.57 Å². The van der Waals surface area contributed by atoms with E-state index in [1.807, 2.05) is 0 Å². The fourth-order valence-electron chi connectivity index (χ4n) is 2.67. The van der Waals surface area contributed by atoms with E-state index in [9.17, 15) is 19.2 Å². The molecular formula is C15H18N4O8S2. The molecule has 3 rings (SSSR count). The quantitative estimate of drug-likeness (QED) is 0.288. The Balaban J connectivity index is 0.00000210. The Morgan fingerprint density at radius 2 is 2.03 bits per heavy atom. The van der Waals surface area contributed by atoms with Gasteiger partial charge in [0.05, 0.1) is 17.7 Å². The van der Waals surface area contributed by atoms with Crippen molar-refractivity contribution >= 4 is 57.6 Å². The van der Waals surface area contributed by atoms with Crippen molar-refractivity contribution in [1.82, 2.24) is 15.2 Å². The Morgan fingerprint density at radius 1 is 1.34 bits per heavy atom. The molecule has 0 saturated carbocycles. The van der Waals surface area contributed by atoms with Crippen molar-refractivity contribution in [3.05, 3.63) is 28.9 Å². The number of carbonyl (C=O) groups excluding carboxylic acids is 2. The Morgan fingerprint density at radius 3 is 2.59 bits per heavy atom. The zero-order valence-corrected chi connectivity index (χ0v) is 16.2. The van der Waals surface area contributed by atoms with Crippen molar-refractivity contribution in [1.29, 1.82) is 0 Å². The number of nitrogens with one attached hydrogen (secondary N) is 1. The molecule has 1 unspecified atom stereocenters. The number of carboxylic acids is 2. The third-order valence-electron chi connectivity index (χ3n) is 3.88. The normalized spacial score (nSPS) is 20.3. The molecule has 9 N–H and O–H groups in total. The van der Waals surface area contributed by atoms with Gasteiger partial charge in [-0.15, -0.1) is 23.1 Å². The maximum Gasteiger partial charge on any atom is 0.352 e. The standard InChI is InChI=1S/C15H14N4O6S2.2H2O/c16-15-17-7(5-27-15)6(1-2-9(20)21)11(22)18-10-12(23)19-8(14(24)25)3-4-26-13(10)19;;/h1,3,5,10,13H,2,4H2,(H2,16,17)(H,18,22)(H,20,21)(H,24,25);2*1H2/b6-1-;;/t10-,13?;;/m1../s1. The molecule has 2 atom stereocenters. The summed E-state index contributed by atoms with van der Waals surface area (Å²) in [5, 5.41) is 21.8. The molecule has 1 saturated heterocycles. The number of amides is 2. The van der Waals surface area contributed by atoms with Gasteiger partial charge in [-0.2, -0.15) is 0 Å². The van der Waals surface area contributed by atoms with Crippen molar-refractivity contribution < 1.29 is 40.3 Å². The highest BCUT2D eigenvalue weighted by molar-refractivity contribution is 8.00. The predicted octanol–water partition coefficient (Wildman–Crippen LogP) is -1.70. The molecule has 2 amide bonds. The molecule has 1 aromatic heterocycles. The van der Waals surface area contributed by atoms with Crippen LogP contribution in [0.4, 0.5) is 5.13 Å². The fraction of sp³-hybridized carbons (Fsp3) is 0.267. The lowest BCUT2D eigenvalue weighted by Crippen LogP contribution is -2.70. The molecule has 29 heavy (non-hydrogen) atoms. The van der Waals surface area contributed by atoms with Gasteiger partial charge in [-0.1, -0.05) is 6.08 Å². The summed E-state index contributed by atoms with van der Waals surface area (Å²) in [6.07, 6.45) is 2.23. The van der Waals surface area contributed by atoms with Crippen LogP contribution >= 0.6 is 23.1 Å². The first-order valence-corrected chi connectivity index (χ1v) is 9.54. The second-order valence-electron chi connectivity index (χ2n) is 5.56. The number of nitrogen functional groups attached to an aromatic ring is 1. The van der Waals surface area contributed by atoms with Gasteiger partial charge >= 0.3 is 11.9 Å². The number of thiazole rings is 1. The van der Waals surface area contributed by atoms with Crippen molar-refractivity contribution in [3.8, 4) is 0 Å². The average molecular weight is 446 g/mol. The van der Waals surface area contributed by atoms with Gasteiger partial charge in [0.25, 0.3) is 11.8 Å². The van der Waals surface area contributed by atoms with Gasteiger partial charge in [0.2, 0.25) is 0 Å². The number of aliphatic carboxylic acids is 2. The molecule has 0 bridgehead atoms. The number of fused-ring (bicyclic) bond motifs is 1. The molecule has 0 spiro atoms. The summed E-state index contributed by atoms with van der Waals surface area (Å²) in [6.45, 7) is 0. The predicted molar refractivity (Wildman–Crippen MR) is 105 cm³/mol. The van der Waals surface area contributed by atoms with E-state index in [2.05, 4.69) is 10.3 Å². The van der Waals surface area contributed by atoms with Gasteiger partial charge in [0, 0.05) is 11.1 Å². The number of nitrogens with two attached hydrogens (primary N) is 1. The van der Waals surface area contributed by atoms with Crippen LogP contribution in [0.1, 0.15) is 12.1 Å². The molecule has 2 aliphatic rings. The molecular weight excluding hydrogens is 428 g/mol. The minimum Gasteiger partial charge on any atom is -0.481 e. The van der Waals surface area contributed by atoms with Crippen molar-refractivity contribution in [3.63, 3.8) is 0 Å². The molecule has 3 heterocycles. The number of carboxylic acid groups (broad SMARTS) is 2. The number of carbonyl (C=O) groups is 4. The SMILES string of the molecule is Nc1nc(/C(=C/CC(=O)O)C(=O)N[C@@H]2C(=O)N3C(C(=O)O)=CCSC23)cs1.O.O. The zero-order valence-electron chi connectivity index (χ0n) is 14.6. The third-order valence-corrected chi connectivity index (χ3v) is 5.73. The van der Waals surface area contributed by atoms with Gasteiger partial charge in [-0.3, -0.25) is 19.3 Å². The molecule has 0 aromatic carbocycles. The number of aromatic nitrogens is 1. The molecule has 158 valence electrons. The Hall–Kier alpha value is -2.94. The third kappa shape index (κ3) is 4.73. The average Bonchev–Trinajstić information content (AvgIpc) is 3.04. The minimum absolute atomic E-state index is 0. The summed E-state index contributed by atoms with van der Waals surface area (Å²) in [5.41, 5.74) is 5.66. The summed E-state index contributed by atoms with van der Waals surface area (Å²) in [4.78, 5) is 52.1. The van der Waals surface area contributed by atoms with Crippen LogP contribution < -0.4 is 11.1 Å². The van der Waals surface area contributed by atoms with Crippen LogP contribution in [0.15, 0.2) is 23.2 Å². The number of anilines is 1. The first kappa shape index (κ1) is 24.1. The van der Waals surface area contributed by atoms with Crippen LogP contribution in [0, 0.1) is 0 Å². The number of nitrogens with zero attached hydrogens (tertiary/aromatic N) is 2. The minimum atomic E-state index is -1.21. The van der Waals surface area contributed by atoms with Gasteiger partial charge in [0.15, 0.2) is 5.13 Å². The Kier molecular flexibility index (Phi) is 7.90. The number of thioether (sulfide) groups is 1. The maximum atomic E-state index is 12.6. The van der Waals surface area contributed by atoms with Crippen molar-refractivity contribution in [2.75, 3.05) is 11.5 Å². The van der Waals surface area contributed by atoms with E-state index in [0.29, 0.717) is 5.75 Å². The molecule has 1 aromatic rings. The summed E-state index contributed by atoms with van der Waals surface area (Å²) >= 11 is 2.41. The molecule has 0 radical (unpaired) electrons. The van der Waals surface area contributed by atoms with Gasteiger partial charge < -0.3 is 32.2 Å². The number of rotatable bonds is 6. The second kappa shape index (κ2) is 9.51. The lowest BCUT2D eigenvalue weighted by molar-refractivity contribution is -0.150. The summed E-state index contributed by atoms with van der Waals surface area (Å²) in [6, 6.07) is -0.908. The molecule has 12 nitrogen and oxygen atoms in total. The van der Waals surface area contributed by atoms with E-state index in [1.54, 1.807) is 0 Å². The van der Waals surface area contributed by atoms with Crippen LogP contribution in [0.3, 0.4) is 0 Å². The second-order valence-corrected chi connectivity index (χ2v) is 7.60. The molecule has 1 fully saturated rings. The van der Waals surface area contributed by atoms with Crippen LogP contribution in [-0.2, 0) is 19.2 Å². The van der Waals surface area contributed by atoms with E-state index in [1.165, 1.54) is 29.3 Å². The number of β-lactam (4-membered cyclic amide) rings is 1. The summed E-state index contributed by atoms with van der Waals surface area (Å²) < 4.78 is 0. The highest BCUT2D eigenvalue weighted by Crippen LogP contribution is 2.37. The van der Waals surface area contributed by atoms with Gasteiger partial charge in [0.1, 0.15) is 17.1 Å². The highest BCUT2D eigenvalue weighted by Gasteiger charge is 2.52. The topological polar surface area (TPSA) is 226 Å².